The third kappa shape index (κ3) is 10.0. The first-order chi connectivity index (χ1) is 28.7. The third-order valence-electron chi connectivity index (χ3n) is 10.3. The molecule has 1 heterocycles. The van der Waals surface area contributed by atoms with Crippen molar-refractivity contribution in [3.8, 4) is 0 Å². The van der Waals surface area contributed by atoms with E-state index in [4.69, 9.17) is 8.37 Å². The predicted octanol–water partition coefficient (Wildman–Crippen LogP) is 11.9. The Labute approximate surface area is 364 Å². The van der Waals surface area contributed by atoms with E-state index in [1.54, 1.807) is 61.7 Å². The van der Waals surface area contributed by atoms with Crippen LogP contribution in [0.4, 0.5) is 22.7 Å². The number of aromatic carboxylic acids is 1. The fourth-order valence-corrected chi connectivity index (χ4v) is 8.99. The lowest BCUT2D eigenvalue weighted by molar-refractivity contribution is 0.0696. The molecule has 2 unspecified atom stereocenters. The van der Waals surface area contributed by atoms with E-state index in [1.807, 2.05) is 54.6 Å². The summed E-state index contributed by atoms with van der Waals surface area (Å²) < 4.78 is 54.9. The van der Waals surface area contributed by atoms with Crippen molar-refractivity contribution < 1.29 is 35.8 Å². The quantitative estimate of drug-likeness (QED) is 0.0425. The first kappa shape index (κ1) is 44.8. The highest BCUT2D eigenvalue weighted by Gasteiger charge is 2.41. The van der Waals surface area contributed by atoms with Crippen LogP contribution in [0.25, 0.3) is 5.57 Å². The Morgan fingerprint density at radius 3 is 2.30 bits per heavy atom. The third-order valence-corrected chi connectivity index (χ3v) is 13.0. The van der Waals surface area contributed by atoms with Crippen LogP contribution >= 0.6 is 24.1 Å². The molecular weight excluding hydrogens is 837 g/mol. The zero-order valence-corrected chi connectivity index (χ0v) is 37.1. The summed E-state index contributed by atoms with van der Waals surface area (Å²) in [7, 11) is 3.03. The highest BCUT2D eigenvalue weighted by Crippen LogP contribution is 2.52. The topological polar surface area (TPSA) is 146 Å². The monoisotopic (exact) mass is 882 g/mol. The van der Waals surface area contributed by atoms with Gasteiger partial charge in [0.15, 0.2) is 22.2 Å². The molecule has 0 radical (unpaired) electrons. The molecule has 0 saturated carbocycles. The van der Waals surface area contributed by atoms with E-state index in [1.165, 1.54) is 19.2 Å². The smallest absolute Gasteiger partial charge is 0.335 e. The maximum atomic E-state index is 12.8. The summed E-state index contributed by atoms with van der Waals surface area (Å²) in [4.78, 5) is 16.4. The van der Waals surface area contributed by atoms with Crippen molar-refractivity contribution >= 4 is 80.5 Å². The molecule has 0 aromatic heterocycles. The standard InChI is InChI=1S/C46H46N2O8S4/c1-45(2,39-29-38(60(54)56-6)21-22-41(39)47-33-11-7-14-37(26-33)59(52)53)25-9-10-30(31-15-17-32(18-16-31)44(49)50)19-24-43-46(3,4)40-28-36(58-55-5)20-23-42(40)48(43)34-12-8-13-35(27-34)57-51/h7-24,26-29,47,51H,25H2,1-6H3,(H,49,50)(H,52,53)/b10-9+,30-19-,43-24+. The van der Waals surface area contributed by atoms with E-state index in [-0.39, 0.29) is 10.5 Å². The summed E-state index contributed by atoms with van der Waals surface area (Å²) in [6, 6.07) is 32.9. The number of allylic oxidation sites excluding steroid dienone is 6. The molecular formula is C46H46N2O8S4. The Morgan fingerprint density at radius 1 is 0.883 bits per heavy atom. The zero-order chi connectivity index (χ0) is 43.2. The summed E-state index contributed by atoms with van der Waals surface area (Å²) in [5.74, 6) is -1.01. The fraction of sp³-hybridized carbons (Fsp3) is 0.196. The van der Waals surface area contributed by atoms with Gasteiger partial charge in [-0.05, 0) is 125 Å². The number of carboxylic acid groups (broad SMARTS) is 1. The Bertz CT molecular complexity index is 2530. The minimum Gasteiger partial charge on any atom is -0.478 e. The lowest BCUT2D eigenvalue weighted by Gasteiger charge is -2.28. The second-order valence-corrected chi connectivity index (χ2v) is 18.9. The van der Waals surface area contributed by atoms with Crippen LogP contribution in [0.5, 0.6) is 0 Å². The number of fused-ring (bicyclic) bond motifs is 1. The summed E-state index contributed by atoms with van der Waals surface area (Å²) in [6.45, 7) is 8.50. The number of nitrogens with zero attached hydrogens (tertiary/aromatic N) is 1. The first-order valence-corrected chi connectivity index (χ1v) is 22.4. The molecule has 60 heavy (non-hydrogen) atoms. The second kappa shape index (κ2) is 19.3. The summed E-state index contributed by atoms with van der Waals surface area (Å²) >= 11 is -1.86. The van der Waals surface area contributed by atoms with Gasteiger partial charge in [-0.15, -0.1) is 0 Å². The van der Waals surface area contributed by atoms with Crippen molar-refractivity contribution in [1.29, 1.82) is 0 Å². The highest BCUT2D eigenvalue weighted by molar-refractivity contribution is 7.94. The molecule has 0 bridgehead atoms. The number of rotatable bonds is 16. The Kier molecular flexibility index (Phi) is 14.4. The van der Waals surface area contributed by atoms with Crippen molar-refractivity contribution in [2.24, 2.45) is 0 Å². The molecule has 0 amide bonds. The Hall–Kier alpha value is -4.77. The van der Waals surface area contributed by atoms with Gasteiger partial charge in [0.05, 0.1) is 35.3 Å². The van der Waals surface area contributed by atoms with E-state index >= 15 is 0 Å². The van der Waals surface area contributed by atoms with Crippen LogP contribution in [-0.2, 0) is 41.4 Å². The van der Waals surface area contributed by atoms with E-state index in [9.17, 15) is 27.4 Å². The van der Waals surface area contributed by atoms with Crippen LogP contribution < -0.4 is 10.2 Å². The molecule has 10 nitrogen and oxygen atoms in total. The molecule has 2 atom stereocenters. The number of benzene rings is 5. The lowest BCUT2D eigenvalue weighted by atomic mass is 9.80. The average molecular weight is 883 g/mol. The lowest BCUT2D eigenvalue weighted by Crippen LogP contribution is -2.22. The molecule has 312 valence electrons. The Morgan fingerprint density at radius 2 is 1.62 bits per heavy atom. The summed E-state index contributed by atoms with van der Waals surface area (Å²) in [6.07, 6.45) is 8.75. The normalized spacial score (nSPS) is 15.6. The number of hydrogen-bond donors (Lipinski definition) is 4. The number of nitrogens with one attached hydrogen (secondary N) is 1. The van der Waals surface area contributed by atoms with Crippen molar-refractivity contribution in [2.45, 2.75) is 64.5 Å². The van der Waals surface area contributed by atoms with Crippen molar-refractivity contribution in [3.05, 3.63) is 161 Å². The van der Waals surface area contributed by atoms with Gasteiger partial charge in [0, 0.05) is 62.1 Å². The van der Waals surface area contributed by atoms with Gasteiger partial charge in [-0.25, -0.2) is 13.2 Å². The van der Waals surface area contributed by atoms with Gasteiger partial charge in [0.25, 0.3) is 0 Å². The average Bonchev–Trinajstić information content (AvgIpc) is 3.46. The number of carboxylic acids is 1. The molecule has 0 aliphatic carbocycles. The number of anilines is 4. The van der Waals surface area contributed by atoms with Gasteiger partial charge in [-0.3, -0.25) is 4.18 Å². The maximum absolute atomic E-state index is 12.8. The Balaban J connectivity index is 1.43. The van der Waals surface area contributed by atoms with E-state index in [0.717, 1.165) is 49.9 Å². The minimum atomic E-state index is -2.15. The highest BCUT2D eigenvalue weighted by atomic mass is 32.2. The van der Waals surface area contributed by atoms with Gasteiger partial charge < -0.3 is 28.6 Å². The molecule has 4 N–H and O–H groups in total. The van der Waals surface area contributed by atoms with Gasteiger partial charge >= 0.3 is 5.97 Å². The van der Waals surface area contributed by atoms with Gasteiger partial charge in [0.2, 0.25) is 0 Å². The SMILES string of the molecule is COSc1ccc2c(c1)C(C)(C)\C(=C/C=C(/C=C/CC(C)(C)c1cc(S(=O)OC)ccc1Nc1cccc(S(=O)O)c1)c1ccc(C(=O)O)cc1)N2c1cccc(SO)c1. The van der Waals surface area contributed by atoms with Crippen molar-refractivity contribution in [1.82, 2.24) is 0 Å². The molecule has 0 saturated heterocycles. The molecule has 0 fully saturated rings. The van der Waals surface area contributed by atoms with Crippen LogP contribution in [0.15, 0.2) is 159 Å². The fourth-order valence-electron chi connectivity index (χ4n) is 7.19. The van der Waals surface area contributed by atoms with Crippen LogP contribution in [0.3, 0.4) is 0 Å². The maximum Gasteiger partial charge on any atom is 0.335 e. The predicted molar refractivity (Wildman–Crippen MR) is 244 cm³/mol. The summed E-state index contributed by atoms with van der Waals surface area (Å²) in [5.41, 5.74) is 6.98. The van der Waals surface area contributed by atoms with Crippen molar-refractivity contribution in [2.75, 3.05) is 24.4 Å². The van der Waals surface area contributed by atoms with Gasteiger partial charge in [-0.1, -0.05) is 70.2 Å². The first-order valence-electron chi connectivity index (χ1n) is 18.7. The largest absolute Gasteiger partial charge is 0.478 e. The molecule has 6 rings (SSSR count). The summed E-state index contributed by atoms with van der Waals surface area (Å²) in [5, 5.41) is 13.1. The number of carbonyl (C=O) groups is 1. The van der Waals surface area contributed by atoms with Gasteiger partial charge in [-0.2, -0.15) is 0 Å². The number of hydrogen-bond acceptors (Lipinski definition) is 10. The molecule has 5 aromatic rings. The van der Waals surface area contributed by atoms with Crippen LogP contribution in [-0.4, -0.2) is 42.8 Å². The van der Waals surface area contributed by atoms with E-state index in [0.29, 0.717) is 33.9 Å². The van der Waals surface area contributed by atoms with E-state index in [2.05, 4.69) is 62.2 Å². The van der Waals surface area contributed by atoms with Crippen LogP contribution in [0, 0.1) is 0 Å². The van der Waals surface area contributed by atoms with Crippen LogP contribution in [0.1, 0.15) is 61.2 Å². The minimum absolute atomic E-state index is 0.176. The van der Waals surface area contributed by atoms with Crippen molar-refractivity contribution in [3.63, 3.8) is 0 Å². The molecule has 1 aliphatic heterocycles. The molecule has 1 aliphatic rings. The van der Waals surface area contributed by atoms with Gasteiger partial charge in [0.1, 0.15) is 0 Å². The van der Waals surface area contributed by atoms with E-state index < -0.39 is 39.0 Å². The molecule has 14 heteroatoms. The van der Waals surface area contributed by atoms with Crippen LogP contribution in [0.2, 0.25) is 0 Å². The second-order valence-electron chi connectivity index (χ2n) is 15.0. The molecule has 5 aromatic carbocycles. The zero-order valence-electron chi connectivity index (χ0n) is 33.9. The molecule has 0 spiro atoms.